The number of hydrogen-bond donors (Lipinski definition) is 0. The second-order valence-electron chi connectivity index (χ2n) is 16.1. The van der Waals surface area contributed by atoms with Gasteiger partial charge < -0.3 is 37.6 Å². The van der Waals surface area contributed by atoms with Crippen molar-refractivity contribution in [3.8, 4) is 34.3 Å². The Morgan fingerprint density at radius 3 is 1.64 bits per heavy atom. The molecule has 64 heavy (non-hydrogen) atoms. The van der Waals surface area contributed by atoms with Crippen LogP contribution in [-0.2, 0) is 54.7 Å². The predicted molar refractivity (Wildman–Crippen MR) is 244 cm³/mol. The van der Waals surface area contributed by atoms with Crippen LogP contribution in [0.4, 0.5) is 0 Å². The highest BCUT2D eigenvalue weighted by Gasteiger charge is 2.27. The van der Waals surface area contributed by atoms with Crippen molar-refractivity contribution in [2.75, 3.05) is 52.9 Å². The molecule has 14 heteroatoms. The van der Waals surface area contributed by atoms with Gasteiger partial charge in [0, 0.05) is 57.3 Å². The van der Waals surface area contributed by atoms with Crippen LogP contribution < -0.4 is 20.3 Å². The van der Waals surface area contributed by atoms with E-state index in [2.05, 4.69) is 47.0 Å². The molecule has 0 saturated carbocycles. The van der Waals surface area contributed by atoms with E-state index in [1.54, 1.807) is 73.3 Å². The maximum atomic E-state index is 13.1. The Kier molecular flexibility index (Phi) is 13.2. The lowest BCUT2D eigenvalue weighted by molar-refractivity contribution is -0.102. The topological polar surface area (TPSA) is 134 Å². The molecule has 0 radical (unpaired) electrons. The summed E-state index contributed by atoms with van der Waals surface area (Å²) in [6.07, 6.45) is 1.25. The largest absolute Gasteiger partial charge is 0.476 e. The Balaban J connectivity index is 0.000000162. The van der Waals surface area contributed by atoms with Gasteiger partial charge in [0.05, 0.1) is 60.8 Å². The quantitative estimate of drug-likeness (QED) is 0.137. The number of aryl methyl sites for hydroxylation is 2. The summed E-state index contributed by atoms with van der Waals surface area (Å²) in [5, 5.41) is 0. The van der Waals surface area contributed by atoms with Crippen molar-refractivity contribution in [3.63, 3.8) is 0 Å². The summed E-state index contributed by atoms with van der Waals surface area (Å²) < 4.78 is 64.5. The first kappa shape index (κ1) is 43.8. The second-order valence-corrected chi connectivity index (χ2v) is 19.2. The standard InChI is InChI=1S/C25H25NO6S.C25H25NO4S/c1-17-23(27)14-24(32-16-19-15-30-11-12-31-19)26-10-9-18-13-21(7-8-22(18)25(17)26)33(28,29)20-5-3-2-4-6-20;1-17-23(27)14-24(30-16-19-15-28-11-12-29-19)26-10-9-18-13-21(7-8-22(18)25(17)26)31-20-5-3-2-4-6-20/h2-8,13-14,19H,9-12,15-16H2,1H3;2-8,13-14,19H,9-12,15-16H2,1H3/t2*19-/m00/s1. The molecule has 0 unspecified atom stereocenters. The van der Waals surface area contributed by atoms with E-state index in [-0.39, 0.29) is 32.9 Å². The molecular formula is C50H50N2O10S2. The number of hydrogen-bond acceptors (Lipinski definition) is 11. The van der Waals surface area contributed by atoms with Crippen molar-refractivity contribution in [3.05, 3.63) is 152 Å². The SMILES string of the molecule is Cc1c2n(c(OC[C@@H]3COCCO3)cc1=O)CCc1cc(S(=O)(=O)c3ccccc3)ccc1-2.Cc1c2n(c(OC[C@@H]3COCCO3)cc1=O)CCc1cc(Sc3ccccc3)ccc1-2. The molecule has 6 heterocycles. The minimum Gasteiger partial charge on any atom is -0.476 e. The van der Waals surface area contributed by atoms with Gasteiger partial charge in [0.25, 0.3) is 0 Å². The first-order chi connectivity index (χ1) is 31.1. The summed E-state index contributed by atoms with van der Waals surface area (Å²) in [6.45, 7) is 9.01. The van der Waals surface area contributed by atoms with Crippen LogP contribution in [0.3, 0.4) is 0 Å². The average molecular weight is 903 g/mol. The number of aromatic nitrogens is 2. The van der Waals surface area contributed by atoms with E-state index in [9.17, 15) is 18.0 Å². The number of benzene rings is 4. The highest BCUT2D eigenvalue weighted by molar-refractivity contribution is 7.99. The normalized spacial score (nSPS) is 17.7. The summed E-state index contributed by atoms with van der Waals surface area (Å²) in [5.41, 5.74) is 7.10. The molecule has 4 aliphatic heterocycles. The number of pyridine rings is 2. The molecule has 10 rings (SSSR count). The summed E-state index contributed by atoms with van der Waals surface area (Å²) in [6, 6.07) is 33.6. The maximum Gasteiger partial charge on any atom is 0.206 e. The molecule has 0 amide bonds. The molecule has 0 bridgehead atoms. The van der Waals surface area contributed by atoms with Gasteiger partial charge in [0.1, 0.15) is 25.4 Å². The van der Waals surface area contributed by atoms with E-state index in [1.165, 1.54) is 21.4 Å². The third-order valence-corrected chi connectivity index (χ3v) is 14.6. The minimum atomic E-state index is -3.62. The summed E-state index contributed by atoms with van der Waals surface area (Å²) in [5.74, 6) is 1.09. The first-order valence-corrected chi connectivity index (χ1v) is 23.9. The first-order valence-electron chi connectivity index (χ1n) is 21.6. The van der Waals surface area contributed by atoms with Gasteiger partial charge in [-0.3, -0.25) is 9.59 Å². The number of nitrogens with zero attached hydrogens (tertiary/aromatic N) is 2. The summed E-state index contributed by atoms with van der Waals surface area (Å²) in [4.78, 5) is 28.4. The van der Waals surface area contributed by atoms with Crippen LogP contribution in [0, 0.1) is 13.8 Å². The Hall–Kier alpha value is -5.48. The van der Waals surface area contributed by atoms with Gasteiger partial charge >= 0.3 is 0 Å². The van der Waals surface area contributed by atoms with Crippen LogP contribution in [0.2, 0.25) is 0 Å². The van der Waals surface area contributed by atoms with E-state index < -0.39 is 9.84 Å². The molecule has 0 spiro atoms. The lowest BCUT2D eigenvalue weighted by Gasteiger charge is -2.28. The van der Waals surface area contributed by atoms with E-state index in [0.717, 1.165) is 46.6 Å². The van der Waals surface area contributed by atoms with Crippen molar-refractivity contribution in [1.29, 1.82) is 0 Å². The molecule has 0 N–H and O–H groups in total. The van der Waals surface area contributed by atoms with Crippen LogP contribution in [0.25, 0.3) is 22.5 Å². The Morgan fingerprint density at radius 1 is 0.594 bits per heavy atom. The molecule has 2 saturated heterocycles. The van der Waals surface area contributed by atoms with Crippen LogP contribution in [0.1, 0.15) is 22.3 Å². The summed E-state index contributed by atoms with van der Waals surface area (Å²) in [7, 11) is -3.62. The number of sulfone groups is 1. The smallest absolute Gasteiger partial charge is 0.206 e. The lowest BCUT2D eigenvalue weighted by atomic mass is 9.94. The van der Waals surface area contributed by atoms with E-state index in [0.29, 0.717) is 83.1 Å². The monoisotopic (exact) mass is 902 g/mol. The molecule has 0 aliphatic carbocycles. The fourth-order valence-corrected chi connectivity index (χ4v) is 10.8. The van der Waals surface area contributed by atoms with Gasteiger partial charge in [-0.15, -0.1) is 0 Å². The van der Waals surface area contributed by atoms with E-state index in [4.69, 9.17) is 28.4 Å². The second kappa shape index (κ2) is 19.3. The van der Waals surface area contributed by atoms with Crippen LogP contribution in [0.15, 0.2) is 138 Å². The molecule has 4 aliphatic rings. The van der Waals surface area contributed by atoms with Gasteiger partial charge in [-0.05, 0) is 86.3 Å². The molecule has 12 nitrogen and oxygen atoms in total. The van der Waals surface area contributed by atoms with Gasteiger partial charge in [0.15, 0.2) is 22.6 Å². The van der Waals surface area contributed by atoms with Crippen LogP contribution in [-0.4, -0.2) is 82.6 Å². The van der Waals surface area contributed by atoms with Gasteiger partial charge in [0.2, 0.25) is 9.84 Å². The number of ether oxygens (including phenoxy) is 6. The third-order valence-electron chi connectivity index (χ3n) is 11.9. The van der Waals surface area contributed by atoms with Crippen molar-refractivity contribution in [2.45, 2.75) is 71.6 Å². The fourth-order valence-electron chi connectivity index (χ4n) is 8.53. The zero-order chi connectivity index (χ0) is 44.2. The average Bonchev–Trinajstić information content (AvgIpc) is 3.33. The fraction of sp³-hybridized carbons (Fsp3) is 0.320. The highest BCUT2D eigenvalue weighted by atomic mass is 32.2. The van der Waals surface area contributed by atoms with Crippen molar-refractivity contribution in [2.24, 2.45) is 0 Å². The zero-order valence-electron chi connectivity index (χ0n) is 35.8. The van der Waals surface area contributed by atoms with Crippen LogP contribution in [0.5, 0.6) is 11.8 Å². The molecule has 4 aromatic carbocycles. The molecule has 6 aromatic rings. The maximum absolute atomic E-state index is 13.1. The van der Waals surface area contributed by atoms with Crippen LogP contribution >= 0.6 is 11.8 Å². The number of fused-ring (bicyclic) bond motifs is 6. The van der Waals surface area contributed by atoms with Gasteiger partial charge in [-0.1, -0.05) is 60.3 Å². The Bertz CT molecular complexity index is 2870. The molecule has 2 aromatic heterocycles. The van der Waals surface area contributed by atoms with Gasteiger partial charge in [-0.2, -0.15) is 0 Å². The molecular weight excluding hydrogens is 853 g/mol. The van der Waals surface area contributed by atoms with Crippen molar-refractivity contribution in [1.82, 2.24) is 9.13 Å². The molecule has 332 valence electrons. The van der Waals surface area contributed by atoms with E-state index >= 15 is 0 Å². The predicted octanol–water partition coefficient (Wildman–Crippen LogP) is 7.33. The van der Waals surface area contributed by atoms with Gasteiger partial charge in [-0.25, -0.2) is 8.42 Å². The van der Waals surface area contributed by atoms with Crippen molar-refractivity contribution < 1.29 is 36.8 Å². The Labute approximate surface area is 376 Å². The van der Waals surface area contributed by atoms with E-state index in [1.807, 2.05) is 17.6 Å². The third kappa shape index (κ3) is 9.35. The Morgan fingerprint density at radius 2 is 1.11 bits per heavy atom. The molecule has 2 atom stereocenters. The summed E-state index contributed by atoms with van der Waals surface area (Å²) >= 11 is 1.76. The van der Waals surface area contributed by atoms with Crippen molar-refractivity contribution >= 4 is 21.6 Å². The zero-order valence-corrected chi connectivity index (χ0v) is 37.5. The number of rotatable bonds is 10. The lowest BCUT2D eigenvalue weighted by Crippen LogP contribution is -2.34. The highest BCUT2D eigenvalue weighted by Crippen LogP contribution is 2.38. The molecule has 2 fully saturated rings. The minimum absolute atomic E-state index is 0.00218.